The number of benzene rings is 2. The van der Waals surface area contributed by atoms with Crippen LogP contribution in [0.3, 0.4) is 0 Å². The van der Waals surface area contributed by atoms with Crippen molar-refractivity contribution in [3.05, 3.63) is 69.0 Å². The maximum absolute atomic E-state index is 12.7. The standard InChI is InChI=1S/C20H18N2O6/c23-17-5-4-15-19(24)18(11-13-2-1-3-14(10-13)22(25)26)28-20(15)16(17)12-21-6-8-27-9-7-21/h1-5,10-11,23H,6-9,12H2/p+1/b18-11+. The summed E-state index contributed by atoms with van der Waals surface area (Å²) in [5.74, 6) is 0.224. The molecule has 8 nitrogen and oxygen atoms in total. The number of nitro groups is 1. The van der Waals surface area contributed by atoms with Gasteiger partial charge < -0.3 is 19.5 Å². The Hall–Kier alpha value is -3.23. The van der Waals surface area contributed by atoms with E-state index < -0.39 is 4.92 Å². The highest BCUT2D eigenvalue weighted by atomic mass is 16.6. The zero-order valence-electron chi connectivity index (χ0n) is 15.0. The van der Waals surface area contributed by atoms with Gasteiger partial charge in [-0.15, -0.1) is 0 Å². The molecule has 2 N–H and O–H groups in total. The molecule has 2 aromatic rings. The maximum atomic E-state index is 12.7. The molecule has 2 aliphatic heterocycles. The number of hydrogen-bond donors (Lipinski definition) is 2. The number of fused-ring (bicyclic) bond motifs is 1. The second-order valence-electron chi connectivity index (χ2n) is 6.77. The highest BCUT2D eigenvalue weighted by molar-refractivity contribution is 6.15. The van der Waals surface area contributed by atoms with Crippen LogP contribution in [0.25, 0.3) is 6.08 Å². The van der Waals surface area contributed by atoms with E-state index >= 15 is 0 Å². The van der Waals surface area contributed by atoms with E-state index in [9.17, 15) is 20.0 Å². The first kappa shape index (κ1) is 18.1. The number of allylic oxidation sites excluding steroid dienone is 1. The molecule has 2 aromatic carbocycles. The van der Waals surface area contributed by atoms with Crippen molar-refractivity contribution in [1.29, 1.82) is 0 Å². The molecule has 0 saturated carbocycles. The van der Waals surface area contributed by atoms with Crippen molar-refractivity contribution in [3.8, 4) is 11.5 Å². The fourth-order valence-electron chi connectivity index (χ4n) is 3.43. The van der Waals surface area contributed by atoms with Crippen molar-refractivity contribution in [2.24, 2.45) is 0 Å². The first-order chi connectivity index (χ1) is 13.5. The van der Waals surface area contributed by atoms with Crippen LogP contribution in [0.5, 0.6) is 11.5 Å². The first-order valence-electron chi connectivity index (χ1n) is 8.98. The van der Waals surface area contributed by atoms with E-state index in [2.05, 4.69) is 0 Å². The summed E-state index contributed by atoms with van der Waals surface area (Å²) in [5, 5.41) is 21.3. The van der Waals surface area contributed by atoms with Gasteiger partial charge in [0.05, 0.1) is 29.3 Å². The van der Waals surface area contributed by atoms with E-state index in [-0.39, 0.29) is 23.0 Å². The van der Waals surface area contributed by atoms with Gasteiger partial charge in [-0.25, -0.2) is 0 Å². The number of morpholine rings is 1. The quantitative estimate of drug-likeness (QED) is 0.469. The monoisotopic (exact) mass is 383 g/mol. The van der Waals surface area contributed by atoms with E-state index in [0.29, 0.717) is 42.2 Å². The number of phenolic OH excluding ortho intramolecular Hbond substituents is 1. The van der Waals surface area contributed by atoms with Gasteiger partial charge in [0.2, 0.25) is 5.78 Å². The lowest BCUT2D eigenvalue weighted by Gasteiger charge is -2.24. The van der Waals surface area contributed by atoms with Crippen molar-refractivity contribution < 1.29 is 29.2 Å². The summed E-state index contributed by atoms with van der Waals surface area (Å²) in [6.45, 7) is 3.46. The van der Waals surface area contributed by atoms with Crippen LogP contribution in [0.15, 0.2) is 42.2 Å². The Morgan fingerprint density at radius 1 is 1.21 bits per heavy atom. The van der Waals surface area contributed by atoms with Crippen LogP contribution in [0, 0.1) is 10.1 Å². The predicted octanol–water partition coefficient (Wildman–Crippen LogP) is 1.33. The maximum Gasteiger partial charge on any atom is 0.270 e. The fraction of sp³-hybridized carbons (Fsp3) is 0.250. The van der Waals surface area contributed by atoms with Gasteiger partial charge in [-0.1, -0.05) is 12.1 Å². The molecule has 0 unspecified atom stereocenters. The molecule has 1 fully saturated rings. The van der Waals surface area contributed by atoms with Crippen LogP contribution in [0.2, 0.25) is 0 Å². The molecule has 0 aliphatic carbocycles. The van der Waals surface area contributed by atoms with E-state index in [1.807, 2.05) is 0 Å². The topological polar surface area (TPSA) is 103 Å². The molecular formula is C20H19N2O6+. The molecule has 0 radical (unpaired) electrons. The molecule has 0 atom stereocenters. The zero-order chi connectivity index (χ0) is 19.7. The summed E-state index contributed by atoms with van der Waals surface area (Å²) in [6, 6.07) is 9.02. The fourth-order valence-corrected chi connectivity index (χ4v) is 3.43. The van der Waals surface area contributed by atoms with E-state index in [4.69, 9.17) is 9.47 Å². The van der Waals surface area contributed by atoms with Gasteiger partial charge in [0.25, 0.3) is 5.69 Å². The van der Waals surface area contributed by atoms with Gasteiger partial charge in [-0.05, 0) is 23.8 Å². The van der Waals surface area contributed by atoms with Gasteiger partial charge in [0, 0.05) is 12.1 Å². The second-order valence-corrected chi connectivity index (χ2v) is 6.77. The molecule has 28 heavy (non-hydrogen) atoms. The summed E-state index contributed by atoms with van der Waals surface area (Å²) in [5.41, 5.74) is 1.41. The number of aromatic hydroxyl groups is 1. The lowest BCUT2D eigenvalue weighted by atomic mass is 10.0. The minimum absolute atomic E-state index is 0.0634. The number of ether oxygens (including phenoxy) is 2. The predicted molar refractivity (Wildman–Crippen MR) is 99.4 cm³/mol. The number of nitrogens with one attached hydrogen (secondary N) is 1. The summed E-state index contributed by atoms with van der Waals surface area (Å²) in [6.07, 6.45) is 1.48. The van der Waals surface area contributed by atoms with Crippen molar-refractivity contribution in [3.63, 3.8) is 0 Å². The molecule has 0 amide bonds. The lowest BCUT2D eigenvalue weighted by molar-refractivity contribution is -0.921. The molecule has 1 saturated heterocycles. The number of quaternary nitrogens is 1. The van der Waals surface area contributed by atoms with Gasteiger partial charge in [-0.3, -0.25) is 14.9 Å². The third-order valence-corrected chi connectivity index (χ3v) is 4.92. The molecule has 2 heterocycles. The number of non-ortho nitro benzene ring substituents is 1. The number of nitro benzene ring substituents is 1. The Bertz CT molecular complexity index is 979. The van der Waals surface area contributed by atoms with Crippen LogP contribution in [0.1, 0.15) is 21.5 Å². The van der Waals surface area contributed by atoms with Crippen LogP contribution >= 0.6 is 0 Å². The third kappa shape index (κ3) is 3.47. The van der Waals surface area contributed by atoms with E-state index in [1.165, 1.54) is 29.2 Å². The average Bonchev–Trinajstić information content (AvgIpc) is 3.01. The number of carbonyl (C=O) groups is 1. The zero-order valence-corrected chi connectivity index (χ0v) is 15.0. The second kappa shape index (κ2) is 7.41. The summed E-state index contributed by atoms with van der Waals surface area (Å²) >= 11 is 0. The summed E-state index contributed by atoms with van der Waals surface area (Å²) in [7, 11) is 0. The molecule has 0 bridgehead atoms. The largest absolute Gasteiger partial charge is 0.507 e. The number of carbonyl (C=O) groups excluding carboxylic acids is 1. The van der Waals surface area contributed by atoms with Crippen molar-refractivity contribution in [1.82, 2.24) is 0 Å². The number of hydrogen-bond acceptors (Lipinski definition) is 6. The highest BCUT2D eigenvalue weighted by Gasteiger charge is 2.32. The summed E-state index contributed by atoms with van der Waals surface area (Å²) < 4.78 is 11.2. The number of ketones is 1. The van der Waals surface area contributed by atoms with Crippen molar-refractivity contribution >= 4 is 17.5 Å². The number of phenols is 1. The molecule has 0 aromatic heterocycles. The average molecular weight is 383 g/mol. The Morgan fingerprint density at radius 3 is 2.75 bits per heavy atom. The van der Waals surface area contributed by atoms with E-state index in [1.54, 1.807) is 18.2 Å². The molecule has 0 spiro atoms. The van der Waals surface area contributed by atoms with Gasteiger partial charge in [0.1, 0.15) is 25.4 Å². The Morgan fingerprint density at radius 2 is 2.00 bits per heavy atom. The van der Waals surface area contributed by atoms with Crippen LogP contribution < -0.4 is 9.64 Å². The molecule has 2 aliphatic rings. The van der Waals surface area contributed by atoms with Crippen molar-refractivity contribution in [2.75, 3.05) is 26.3 Å². The Kier molecular flexibility index (Phi) is 4.81. The van der Waals surface area contributed by atoms with E-state index in [0.717, 1.165) is 13.1 Å². The smallest absolute Gasteiger partial charge is 0.270 e. The number of nitrogens with zero attached hydrogens (tertiary/aromatic N) is 1. The number of Topliss-reactive ketones (excluding diaryl/α,β-unsaturated/α-hetero) is 1. The Balaban J connectivity index is 1.65. The lowest BCUT2D eigenvalue weighted by Crippen LogP contribution is -3.12. The van der Waals surface area contributed by atoms with Crippen LogP contribution in [-0.2, 0) is 11.3 Å². The third-order valence-electron chi connectivity index (χ3n) is 4.92. The van der Waals surface area contributed by atoms with Crippen LogP contribution in [-0.4, -0.2) is 42.1 Å². The molecule has 144 valence electrons. The highest BCUT2D eigenvalue weighted by Crippen LogP contribution is 2.39. The van der Waals surface area contributed by atoms with Gasteiger partial charge in [0.15, 0.2) is 11.5 Å². The van der Waals surface area contributed by atoms with Gasteiger partial charge >= 0.3 is 0 Å². The SMILES string of the molecule is O=C1/C(=C\c2cccc([N+](=O)[O-])c2)Oc2c1ccc(O)c2C[NH+]1CCOCC1. The molecular weight excluding hydrogens is 364 g/mol. The minimum Gasteiger partial charge on any atom is -0.507 e. The molecule has 4 rings (SSSR count). The minimum atomic E-state index is -0.491. The van der Waals surface area contributed by atoms with Crippen LogP contribution in [0.4, 0.5) is 5.69 Å². The number of rotatable bonds is 4. The first-order valence-corrected chi connectivity index (χ1v) is 8.98. The summed E-state index contributed by atoms with van der Waals surface area (Å²) in [4.78, 5) is 24.4. The normalized spacial score (nSPS) is 18.1. The van der Waals surface area contributed by atoms with Gasteiger partial charge in [-0.2, -0.15) is 0 Å². The Labute approximate surface area is 160 Å². The van der Waals surface area contributed by atoms with Crippen molar-refractivity contribution in [2.45, 2.75) is 6.54 Å². The molecule has 8 heteroatoms.